The highest BCUT2D eigenvalue weighted by atomic mass is 35.5. The van der Waals surface area contributed by atoms with Crippen molar-refractivity contribution in [2.75, 3.05) is 0 Å². The molecular formula is C8H11ClO. The lowest BCUT2D eigenvalue weighted by atomic mass is 10.2. The first kappa shape index (κ1) is 9.31. The summed E-state index contributed by atoms with van der Waals surface area (Å²) in [6, 6.07) is 0. The van der Waals surface area contributed by atoms with E-state index in [0.29, 0.717) is 0 Å². The summed E-state index contributed by atoms with van der Waals surface area (Å²) in [6.45, 7) is 7.06. The van der Waals surface area contributed by atoms with Crippen LogP contribution in [0.4, 0.5) is 0 Å². The molecule has 0 amide bonds. The zero-order valence-corrected chi connectivity index (χ0v) is 6.94. The Hall–Kier alpha value is -0.690. The zero-order chi connectivity index (χ0) is 8.15. The highest BCUT2D eigenvalue weighted by molar-refractivity contribution is 6.31. The third kappa shape index (κ3) is 3.36. The van der Waals surface area contributed by atoms with Crippen molar-refractivity contribution in [3.8, 4) is 0 Å². The van der Waals surface area contributed by atoms with Gasteiger partial charge in [0.05, 0.1) is 5.03 Å². The van der Waals surface area contributed by atoms with Gasteiger partial charge in [0.2, 0.25) is 0 Å². The number of hydrogen-bond acceptors (Lipinski definition) is 1. The maximum Gasteiger partial charge on any atom is 0.127 e. The van der Waals surface area contributed by atoms with Gasteiger partial charge in [-0.15, -0.1) is 0 Å². The van der Waals surface area contributed by atoms with E-state index >= 15 is 0 Å². The molecule has 10 heavy (non-hydrogen) atoms. The predicted octanol–water partition coefficient (Wildman–Crippen LogP) is 3.15. The number of aliphatic hydroxyl groups is 1. The second kappa shape index (κ2) is 4.18. The summed E-state index contributed by atoms with van der Waals surface area (Å²) in [4.78, 5) is 0. The van der Waals surface area contributed by atoms with Gasteiger partial charge in [0.1, 0.15) is 5.76 Å². The molecule has 0 unspecified atom stereocenters. The molecule has 0 heterocycles. The quantitative estimate of drug-likeness (QED) is 0.484. The van der Waals surface area contributed by atoms with Crippen molar-refractivity contribution in [3.05, 3.63) is 35.1 Å². The molecule has 1 nitrogen and oxygen atoms in total. The van der Waals surface area contributed by atoms with Gasteiger partial charge in [0.25, 0.3) is 0 Å². The van der Waals surface area contributed by atoms with Gasteiger partial charge in [-0.2, -0.15) is 0 Å². The van der Waals surface area contributed by atoms with Crippen molar-refractivity contribution in [3.63, 3.8) is 0 Å². The van der Waals surface area contributed by atoms with Crippen LogP contribution in [0.2, 0.25) is 0 Å². The highest BCUT2D eigenvalue weighted by Gasteiger charge is 1.93. The monoisotopic (exact) mass is 158 g/mol. The van der Waals surface area contributed by atoms with Crippen LogP contribution in [0.5, 0.6) is 0 Å². The molecule has 0 atom stereocenters. The fourth-order valence-electron chi connectivity index (χ4n) is 0.367. The van der Waals surface area contributed by atoms with Gasteiger partial charge in [0.15, 0.2) is 0 Å². The molecular weight excluding hydrogens is 148 g/mol. The van der Waals surface area contributed by atoms with Crippen LogP contribution < -0.4 is 0 Å². The lowest BCUT2D eigenvalue weighted by Crippen LogP contribution is -1.77. The summed E-state index contributed by atoms with van der Waals surface area (Å²) in [6.07, 6.45) is 3.55. The van der Waals surface area contributed by atoms with Gasteiger partial charge in [-0.3, -0.25) is 0 Å². The molecule has 0 spiro atoms. The summed E-state index contributed by atoms with van der Waals surface area (Å²) in [5, 5.41) is 9.03. The van der Waals surface area contributed by atoms with Gasteiger partial charge in [-0.25, -0.2) is 0 Å². The highest BCUT2D eigenvalue weighted by Crippen LogP contribution is 2.12. The molecule has 0 radical (unpaired) electrons. The van der Waals surface area contributed by atoms with Crippen molar-refractivity contribution < 1.29 is 5.11 Å². The molecule has 56 valence electrons. The first-order valence-electron chi connectivity index (χ1n) is 2.96. The Balaban J connectivity index is 4.31. The first-order chi connectivity index (χ1) is 4.57. The molecule has 0 saturated heterocycles. The molecule has 0 rings (SSSR count). The van der Waals surface area contributed by atoms with Crippen molar-refractivity contribution in [2.24, 2.45) is 0 Å². The molecule has 1 N–H and O–H groups in total. The zero-order valence-electron chi connectivity index (χ0n) is 6.19. The number of allylic oxidation sites excluding steroid dienone is 4. The lowest BCUT2D eigenvalue weighted by Gasteiger charge is -1.94. The second-order valence-electron chi connectivity index (χ2n) is 1.97. The molecule has 0 aromatic rings. The van der Waals surface area contributed by atoms with E-state index in [1.807, 2.05) is 19.9 Å². The van der Waals surface area contributed by atoms with Crippen molar-refractivity contribution >= 4 is 11.6 Å². The van der Waals surface area contributed by atoms with E-state index in [4.69, 9.17) is 16.7 Å². The Morgan fingerprint density at radius 2 is 2.10 bits per heavy atom. The van der Waals surface area contributed by atoms with E-state index in [1.165, 1.54) is 0 Å². The number of halogens is 1. The van der Waals surface area contributed by atoms with Gasteiger partial charge < -0.3 is 5.11 Å². The molecule has 0 fully saturated rings. The van der Waals surface area contributed by atoms with Crippen LogP contribution in [0.15, 0.2) is 35.1 Å². The molecule has 0 saturated carbocycles. The average Bonchev–Trinajstić information content (AvgIpc) is 1.87. The van der Waals surface area contributed by atoms with Crippen LogP contribution >= 0.6 is 11.6 Å². The Morgan fingerprint density at radius 1 is 1.60 bits per heavy atom. The van der Waals surface area contributed by atoms with E-state index < -0.39 is 0 Å². The maximum atomic E-state index is 8.74. The summed E-state index contributed by atoms with van der Waals surface area (Å²) in [5.74, 6) is -0.0946. The molecule has 0 aromatic carbocycles. The minimum absolute atomic E-state index is 0.0946. The van der Waals surface area contributed by atoms with Crippen molar-refractivity contribution in [2.45, 2.75) is 13.8 Å². The van der Waals surface area contributed by atoms with Crippen molar-refractivity contribution in [1.82, 2.24) is 0 Å². The Kier molecular flexibility index (Phi) is 3.89. The Bertz CT molecular complexity index is 189. The fraction of sp³-hybridized carbons (Fsp3) is 0.250. The number of aliphatic hydroxyl groups excluding tert-OH is 1. The Morgan fingerprint density at radius 3 is 2.40 bits per heavy atom. The van der Waals surface area contributed by atoms with Gasteiger partial charge in [-0.05, 0) is 19.9 Å². The third-order valence-corrected chi connectivity index (χ3v) is 1.41. The molecule has 0 aliphatic heterocycles. The topological polar surface area (TPSA) is 20.2 Å². The summed E-state index contributed by atoms with van der Waals surface area (Å²) in [5.41, 5.74) is 1.00. The first-order valence-corrected chi connectivity index (χ1v) is 3.34. The largest absolute Gasteiger partial charge is 0.507 e. The summed E-state index contributed by atoms with van der Waals surface area (Å²) >= 11 is 5.56. The molecule has 0 aliphatic rings. The summed E-state index contributed by atoms with van der Waals surface area (Å²) in [7, 11) is 0. The fourth-order valence-corrected chi connectivity index (χ4v) is 0.539. The maximum absolute atomic E-state index is 8.74. The predicted molar refractivity (Wildman–Crippen MR) is 45.1 cm³/mol. The van der Waals surface area contributed by atoms with E-state index in [1.54, 1.807) is 6.08 Å². The minimum Gasteiger partial charge on any atom is -0.507 e. The normalized spacial score (nSPS) is 13.5. The number of rotatable bonds is 2. The second-order valence-corrected chi connectivity index (χ2v) is 2.38. The van der Waals surface area contributed by atoms with Crippen LogP contribution in [0.25, 0.3) is 0 Å². The van der Waals surface area contributed by atoms with Crippen LogP contribution in [-0.2, 0) is 0 Å². The van der Waals surface area contributed by atoms with Crippen LogP contribution in [0.1, 0.15) is 13.8 Å². The van der Waals surface area contributed by atoms with Gasteiger partial charge in [-0.1, -0.05) is 29.8 Å². The van der Waals surface area contributed by atoms with Gasteiger partial charge in [0, 0.05) is 0 Å². The van der Waals surface area contributed by atoms with Crippen LogP contribution in [-0.4, -0.2) is 5.11 Å². The average molecular weight is 159 g/mol. The standard InChI is InChI=1S/C8H11ClO/c1-4-6(2)5-8(9)7(3)10/h4-5,10H,3H2,1-2H3/b6-4-,8-5+. The van der Waals surface area contributed by atoms with Crippen molar-refractivity contribution in [1.29, 1.82) is 0 Å². The SMILES string of the molecule is C=C(O)/C(Cl)=C\C(C)=C/C. The molecule has 0 bridgehead atoms. The molecule has 0 aromatic heterocycles. The van der Waals surface area contributed by atoms with Gasteiger partial charge >= 0.3 is 0 Å². The molecule has 2 heteroatoms. The number of hydrogen-bond donors (Lipinski definition) is 1. The smallest absolute Gasteiger partial charge is 0.127 e. The van der Waals surface area contributed by atoms with E-state index in [2.05, 4.69) is 6.58 Å². The van der Waals surface area contributed by atoms with E-state index in [-0.39, 0.29) is 10.8 Å². The van der Waals surface area contributed by atoms with Crippen LogP contribution in [0, 0.1) is 0 Å². The van der Waals surface area contributed by atoms with Crippen LogP contribution in [0.3, 0.4) is 0 Å². The van der Waals surface area contributed by atoms with E-state index in [9.17, 15) is 0 Å². The van der Waals surface area contributed by atoms with E-state index in [0.717, 1.165) is 5.57 Å². The minimum atomic E-state index is -0.0946. The third-order valence-electron chi connectivity index (χ3n) is 1.09. The lowest BCUT2D eigenvalue weighted by molar-refractivity contribution is 0.432. The Labute approximate surface area is 66.3 Å². The summed E-state index contributed by atoms with van der Waals surface area (Å²) < 4.78 is 0. The molecule has 0 aliphatic carbocycles.